The van der Waals surface area contributed by atoms with Crippen LogP contribution in [0, 0.1) is 16.0 Å². The summed E-state index contributed by atoms with van der Waals surface area (Å²) in [7, 11) is 0. The van der Waals surface area contributed by atoms with Crippen LogP contribution in [0.5, 0.6) is 0 Å². The molecule has 0 bridgehead atoms. The quantitative estimate of drug-likeness (QED) is 0.612. The maximum atomic E-state index is 11.4. The number of para-hydroxylation sites is 1. The predicted octanol–water partition coefficient (Wildman–Crippen LogP) is 2.44. The average molecular weight is 276 g/mol. The van der Waals surface area contributed by atoms with Gasteiger partial charge in [0.15, 0.2) is 0 Å². The van der Waals surface area contributed by atoms with Crippen LogP contribution in [-0.2, 0) is 11.2 Å². The van der Waals surface area contributed by atoms with Crippen molar-refractivity contribution in [1.29, 1.82) is 0 Å². The summed E-state index contributed by atoms with van der Waals surface area (Å²) < 4.78 is 0. The molecule has 1 aliphatic rings. The van der Waals surface area contributed by atoms with Crippen molar-refractivity contribution in [2.45, 2.75) is 26.2 Å². The van der Waals surface area contributed by atoms with E-state index < -0.39 is 0 Å². The zero-order valence-electron chi connectivity index (χ0n) is 11.7. The van der Waals surface area contributed by atoms with Crippen LogP contribution in [0.4, 0.5) is 5.69 Å². The number of carbonyl (C=O) groups is 1. The van der Waals surface area contributed by atoms with Gasteiger partial charge in [0.25, 0.3) is 5.69 Å². The standard InChI is InChI=1S/C15H20N2O3/c1-12(18)14-6-4-9-16(11-14)10-8-13-5-2-3-7-15(13)17(19)20/h2-3,5,7,14H,4,6,8-11H2,1H3. The number of carbonyl (C=O) groups excluding carboxylic acids is 1. The Morgan fingerprint density at radius 1 is 1.45 bits per heavy atom. The number of hydrogen-bond donors (Lipinski definition) is 0. The summed E-state index contributed by atoms with van der Waals surface area (Å²) in [6.07, 6.45) is 2.65. The normalized spacial score (nSPS) is 19.8. The van der Waals surface area contributed by atoms with Gasteiger partial charge < -0.3 is 4.90 Å². The Bertz CT molecular complexity index is 502. The first-order chi connectivity index (χ1) is 9.58. The Morgan fingerprint density at radius 2 is 2.20 bits per heavy atom. The summed E-state index contributed by atoms with van der Waals surface area (Å²) in [4.78, 5) is 24.3. The molecule has 20 heavy (non-hydrogen) atoms. The summed E-state index contributed by atoms with van der Waals surface area (Å²) in [5.41, 5.74) is 0.954. The highest BCUT2D eigenvalue weighted by atomic mass is 16.6. The Hall–Kier alpha value is -1.75. The van der Waals surface area contributed by atoms with E-state index in [0.29, 0.717) is 6.42 Å². The molecule has 0 aliphatic carbocycles. The highest BCUT2D eigenvalue weighted by Crippen LogP contribution is 2.21. The van der Waals surface area contributed by atoms with E-state index >= 15 is 0 Å². The first kappa shape index (κ1) is 14.7. The molecule has 1 heterocycles. The van der Waals surface area contributed by atoms with Crippen molar-refractivity contribution >= 4 is 11.5 Å². The van der Waals surface area contributed by atoms with E-state index in [0.717, 1.165) is 38.0 Å². The summed E-state index contributed by atoms with van der Waals surface area (Å²) in [6, 6.07) is 6.87. The highest BCUT2D eigenvalue weighted by molar-refractivity contribution is 5.78. The molecule has 1 aliphatic heterocycles. The number of rotatable bonds is 5. The molecule has 1 aromatic carbocycles. The minimum absolute atomic E-state index is 0.134. The minimum Gasteiger partial charge on any atom is -0.302 e. The number of hydrogen-bond acceptors (Lipinski definition) is 4. The van der Waals surface area contributed by atoms with Crippen LogP contribution in [-0.4, -0.2) is 35.2 Å². The van der Waals surface area contributed by atoms with E-state index in [1.807, 2.05) is 12.1 Å². The van der Waals surface area contributed by atoms with E-state index in [2.05, 4.69) is 4.90 Å². The first-order valence-electron chi connectivity index (χ1n) is 7.03. The van der Waals surface area contributed by atoms with Gasteiger partial charge in [-0.25, -0.2) is 0 Å². The zero-order valence-corrected chi connectivity index (χ0v) is 11.7. The topological polar surface area (TPSA) is 63.5 Å². The maximum Gasteiger partial charge on any atom is 0.272 e. The van der Waals surface area contributed by atoms with Crippen LogP contribution in [0.1, 0.15) is 25.3 Å². The SMILES string of the molecule is CC(=O)C1CCCN(CCc2ccccc2[N+](=O)[O-])C1. The number of piperidine rings is 1. The van der Waals surface area contributed by atoms with Crippen LogP contribution in [0.3, 0.4) is 0 Å². The number of benzene rings is 1. The molecule has 1 atom stereocenters. The third kappa shape index (κ3) is 3.63. The van der Waals surface area contributed by atoms with Gasteiger partial charge in [0.1, 0.15) is 5.78 Å². The van der Waals surface area contributed by atoms with Crippen LogP contribution >= 0.6 is 0 Å². The first-order valence-corrected chi connectivity index (χ1v) is 7.03. The molecule has 0 saturated carbocycles. The Morgan fingerprint density at radius 3 is 2.90 bits per heavy atom. The maximum absolute atomic E-state index is 11.4. The van der Waals surface area contributed by atoms with Gasteiger partial charge in [-0.3, -0.25) is 14.9 Å². The van der Waals surface area contributed by atoms with Crippen molar-refractivity contribution in [3.63, 3.8) is 0 Å². The van der Waals surface area contributed by atoms with Gasteiger partial charge in [0.2, 0.25) is 0 Å². The molecule has 0 N–H and O–H groups in total. The lowest BCUT2D eigenvalue weighted by molar-refractivity contribution is -0.385. The second-order valence-corrected chi connectivity index (χ2v) is 5.39. The van der Waals surface area contributed by atoms with E-state index in [-0.39, 0.29) is 22.3 Å². The number of ketones is 1. The molecule has 5 heteroatoms. The van der Waals surface area contributed by atoms with Crippen molar-refractivity contribution in [2.75, 3.05) is 19.6 Å². The largest absolute Gasteiger partial charge is 0.302 e. The lowest BCUT2D eigenvalue weighted by Gasteiger charge is -2.31. The van der Waals surface area contributed by atoms with Crippen LogP contribution in [0.25, 0.3) is 0 Å². The third-order valence-corrected chi connectivity index (χ3v) is 3.97. The Labute approximate surface area is 118 Å². The Kier molecular flexibility index (Phi) is 4.84. The summed E-state index contributed by atoms with van der Waals surface area (Å²) >= 11 is 0. The van der Waals surface area contributed by atoms with Gasteiger partial charge in [0.05, 0.1) is 4.92 Å². The molecule has 108 valence electrons. The number of nitro benzene ring substituents is 1. The van der Waals surface area contributed by atoms with E-state index in [1.165, 1.54) is 0 Å². The molecule has 0 radical (unpaired) electrons. The van der Waals surface area contributed by atoms with Gasteiger partial charge >= 0.3 is 0 Å². The van der Waals surface area contributed by atoms with Crippen molar-refractivity contribution in [3.8, 4) is 0 Å². The molecule has 5 nitrogen and oxygen atoms in total. The Balaban J connectivity index is 1.95. The number of likely N-dealkylation sites (tertiary alicyclic amines) is 1. The summed E-state index contributed by atoms with van der Waals surface area (Å²) in [6.45, 7) is 4.19. The van der Waals surface area contributed by atoms with Crippen molar-refractivity contribution < 1.29 is 9.72 Å². The lowest BCUT2D eigenvalue weighted by atomic mass is 9.94. The van der Waals surface area contributed by atoms with Crippen LogP contribution in [0.15, 0.2) is 24.3 Å². The number of Topliss-reactive ketones (excluding diaryl/α,β-unsaturated/α-hetero) is 1. The lowest BCUT2D eigenvalue weighted by Crippen LogP contribution is -2.39. The summed E-state index contributed by atoms with van der Waals surface area (Å²) in [5, 5.41) is 11.0. The smallest absolute Gasteiger partial charge is 0.272 e. The molecule has 1 aromatic rings. The minimum atomic E-state index is -0.329. The molecule has 0 amide bonds. The van der Waals surface area contributed by atoms with Crippen molar-refractivity contribution in [3.05, 3.63) is 39.9 Å². The molecule has 2 rings (SSSR count). The van der Waals surface area contributed by atoms with Gasteiger partial charge in [-0.15, -0.1) is 0 Å². The fourth-order valence-electron chi connectivity index (χ4n) is 2.77. The zero-order chi connectivity index (χ0) is 14.5. The molecule has 1 saturated heterocycles. The molecule has 1 unspecified atom stereocenters. The van der Waals surface area contributed by atoms with Gasteiger partial charge in [0, 0.05) is 30.6 Å². The molecule has 0 aromatic heterocycles. The second-order valence-electron chi connectivity index (χ2n) is 5.39. The third-order valence-electron chi connectivity index (χ3n) is 3.97. The van der Waals surface area contributed by atoms with Gasteiger partial charge in [-0.05, 0) is 32.7 Å². The molecule has 1 fully saturated rings. The van der Waals surface area contributed by atoms with E-state index in [9.17, 15) is 14.9 Å². The fraction of sp³-hybridized carbons (Fsp3) is 0.533. The van der Waals surface area contributed by atoms with Crippen molar-refractivity contribution in [2.24, 2.45) is 5.92 Å². The van der Waals surface area contributed by atoms with Gasteiger partial charge in [-0.1, -0.05) is 18.2 Å². The predicted molar refractivity (Wildman–Crippen MR) is 76.6 cm³/mol. The van der Waals surface area contributed by atoms with Gasteiger partial charge in [-0.2, -0.15) is 0 Å². The van der Waals surface area contributed by atoms with Crippen molar-refractivity contribution in [1.82, 2.24) is 4.90 Å². The van der Waals surface area contributed by atoms with Crippen LogP contribution in [0.2, 0.25) is 0 Å². The highest BCUT2D eigenvalue weighted by Gasteiger charge is 2.23. The molecule has 0 spiro atoms. The molecular formula is C15H20N2O3. The van der Waals surface area contributed by atoms with Crippen LogP contribution < -0.4 is 0 Å². The van der Waals surface area contributed by atoms with E-state index in [1.54, 1.807) is 19.1 Å². The monoisotopic (exact) mass is 276 g/mol. The van der Waals surface area contributed by atoms with E-state index in [4.69, 9.17) is 0 Å². The summed E-state index contributed by atoms with van der Waals surface area (Å²) in [5.74, 6) is 0.384. The average Bonchev–Trinajstić information content (AvgIpc) is 2.45. The molecular weight excluding hydrogens is 256 g/mol. The second kappa shape index (κ2) is 6.61. The number of nitrogens with zero attached hydrogens (tertiary/aromatic N) is 2. The fourth-order valence-corrected chi connectivity index (χ4v) is 2.77. The number of nitro groups is 1.